The molecule has 1 fully saturated rings. The first-order valence-corrected chi connectivity index (χ1v) is 15.4. The number of aryl methyl sites for hydroxylation is 1. The molecule has 4 heterocycles. The second-order valence-corrected chi connectivity index (χ2v) is 12.5. The first-order chi connectivity index (χ1) is 21.9. The van der Waals surface area contributed by atoms with Crippen molar-refractivity contribution >= 4 is 32.4 Å². The van der Waals surface area contributed by atoms with Gasteiger partial charge in [-0.05, 0) is 36.8 Å². The van der Waals surface area contributed by atoms with E-state index in [1.165, 1.54) is 42.5 Å². The highest BCUT2D eigenvalue weighted by Crippen LogP contribution is 2.41. The number of fused-ring (bicyclic) bond motifs is 1. The molecule has 6 rings (SSSR count). The molecule has 46 heavy (non-hydrogen) atoms. The number of hydrogen-bond acceptors (Lipinski definition) is 8. The molecule has 12 nitrogen and oxygen atoms in total. The Bertz CT molecular complexity index is 2090. The number of rotatable bonds is 10. The molecule has 0 unspecified atom stereocenters. The number of halogens is 3. The molecule has 238 valence electrons. The number of benzene rings is 2. The number of hydrogen-bond donors (Lipinski definition) is 2. The van der Waals surface area contributed by atoms with Crippen molar-refractivity contribution in [3.8, 4) is 28.1 Å². The molecule has 2 aromatic carbocycles. The number of sulfonamides is 1. The fourth-order valence-electron chi connectivity index (χ4n) is 5.29. The predicted octanol–water partition coefficient (Wildman–Crippen LogP) is 4.97. The van der Waals surface area contributed by atoms with Crippen molar-refractivity contribution in [3.63, 3.8) is 0 Å². The van der Waals surface area contributed by atoms with Crippen LogP contribution in [-0.4, -0.2) is 58.5 Å². The Morgan fingerprint density at radius 2 is 1.91 bits per heavy atom. The SMILES string of the molecule is [C-]#[N+]CC1(n2cc(-c3cnc(N)c4c(-c5ccc(NS(=O)(=O)C(F)F)c(O[C@@H](C)c6ccc(F)cc6)c5)nn(C)c34)cn2)COC1. The number of nitrogens with two attached hydrogens (primary N) is 1. The number of nitrogen functional groups attached to an aromatic ring is 1. The lowest BCUT2D eigenvalue weighted by Crippen LogP contribution is -2.54. The Hall–Kier alpha value is -5.14. The van der Waals surface area contributed by atoms with Crippen LogP contribution in [0.5, 0.6) is 5.75 Å². The molecule has 0 bridgehead atoms. The van der Waals surface area contributed by atoms with Crippen molar-refractivity contribution in [2.45, 2.75) is 24.3 Å². The van der Waals surface area contributed by atoms with Crippen LogP contribution in [0.2, 0.25) is 0 Å². The normalized spacial score (nSPS) is 15.0. The lowest BCUT2D eigenvalue weighted by molar-refractivity contribution is -0.0971. The van der Waals surface area contributed by atoms with Crippen LogP contribution in [0.4, 0.5) is 24.7 Å². The zero-order valence-electron chi connectivity index (χ0n) is 24.5. The number of nitrogens with zero attached hydrogens (tertiary/aromatic N) is 6. The average molecular weight is 653 g/mol. The molecule has 0 saturated carbocycles. The largest absolute Gasteiger partial charge is 0.484 e. The van der Waals surface area contributed by atoms with Crippen molar-refractivity contribution < 1.29 is 31.1 Å². The summed E-state index contributed by atoms with van der Waals surface area (Å²) in [7, 11) is -3.31. The van der Waals surface area contributed by atoms with Crippen LogP contribution < -0.4 is 15.2 Å². The molecule has 0 radical (unpaired) electrons. The topological polar surface area (TPSA) is 144 Å². The third-order valence-corrected chi connectivity index (χ3v) is 8.74. The number of ether oxygens (including phenoxy) is 2. The summed E-state index contributed by atoms with van der Waals surface area (Å²) >= 11 is 0. The summed E-state index contributed by atoms with van der Waals surface area (Å²) in [6, 6.07) is 9.72. The van der Waals surface area contributed by atoms with Crippen molar-refractivity contribution in [2.75, 3.05) is 30.2 Å². The van der Waals surface area contributed by atoms with Gasteiger partial charge in [0.05, 0.1) is 36.0 Å². The average Bonchev–Trinajstić information content (AvgIpc) is 3.62. The third-order valence-electron chi connectivity index (χ3n) is 7.77. The van der Waals surface area contributed by atoms with Gasteiger partial charge >= 0.3 is 5.76 Å². The molecule has 1 aliphatic rings. The van der Waals surface area contributed by atoms with E-state index >= 15 is 0 Å². The van der Waals surface area contributed by atoms with Crippen LogP contribution in [0.25, 0.3) is 38.1 Å². The van der Waals surface area contributed by atoms with Gasteiger partial charge in [-0.2, -0.15) is 19.0 Å². The molecule has 3 N–H and O–H groups in total. The monoisotopic (exact) mass is 652 g/mol. The molecule has 0 spiro atoms. The molecule has 0 aliphatic carbocycles. The Morgan fingerprint density at radius 3 is 2.57 bits per heavy atom. The molecule has 16 heteroatoms. The summed E-state index contributed by atoms with van der Waals surface area (Å²) in [4.78, 5) is 7.95. The zero-order chi connectivity index (χ0) is 32.8. The second kappa shape index (κ2) is 11.7. The molecule has 1 aliphatic heterocycles. The highest BCUT2D eigenvalue weighted by atomic mass is 32.2. The van der Waals surface area contributed by atoms with Crippen LogP contribution in [0.3, 0.4) is 0 Å². The first-order valence-electron chi connectivity index (χ1n) is 13.9. The van der Waals surface area contributed by atoms with Crippen molar-refractivity contribution in [1.29, 1.82) is 0 Å². The van der Waals surface area contributed by atoms with Crippen LogP contribution in [0.15, 0.2) is 61.1 Å². The summed E-state index contributed by atoms with van der Waals surface area (Å²) in [5.41, 5.74) is 8.95. The third kappa shape index (κ3) is 5.48. The fourth-order valence-corrected chi connectivity index (χ4v) is 5.86. The van der Waals surface area contributed by atoms with E-state index in [-0.39, 0.29) is 23.8 Å². The highest BCUT2D eigenvalue weighted by molar-refractivity contribution is 7.93. The van der Waals surface area contributed by atoms with Crippen molar-refractivity contribution in [1.82, 2.24) is 24.5 Å². The van der Waals surface area contributed by atoms with E-state index < -0.39 is 33.2 Å². The number of pyridine rings is 1. The van der Waals surface area contributed by atoms with Gasteiger partial charge in [-0.3, -0.25) is 14.1 Å². The van der Waals surface area contributed by atoms with E-state index in [4.69, 9.17) is 26.9 Å². The molecular weight excluding hydrogens is 625 g/mol. The van der Waals surface area contributed by atoms with E-state index in [1.807, 2.05) is 10.9 Å². The number of alkyl halides is 2. The van der Waals surface area contributed by atoms with Gasteiger partial charge in [0.25, 0.3) is 10.0 Å². The maximum Gasteiger partial charge on any atom is 0.355 e. The van der Waals surface area contributed by atoms with Gasteiger partial charge < -0.3 is 20.1 Å². The van der Waals surface area contributed by atoms with Crippen LogP contribution in [0, 0.1) is 12.4 Å². The zero-order valence-corrected chi connectivity index (χ0v) is 25.3. The summed E-state index contributed by atoms with van der Waals surface area (Å²) in [6.45, 7) is 9.94. The standard InChI is InChI=1S/C30H27F3N8O4S/c1-17(18-4-7-21(31)8-5-18)45-24-10-19(6-9-23(24)39-46(42,43)29(32)33)26-25-27(40(3)38-26)22(12-36-28(25)34)20-11-37-41(13-20)30(14-35-2)15-44-16-30/h4-13,17,29,39H,14-16H2,1,3H3,(H2,34,36)/t17-/m0/s1. The summed E-state index contributed by atoms with van der Waals surface area (Å²) in [6.07, 6.45) is 4.35. The Kier molecular flexibility index (Phi) is 7.82. The van der Waals surface area contributed by atoms with Gasteiger partial charge in [-0.1, -0.05) is 18.2 Å². The van der Waals surface area contributed by atoms with Crippen LogP contribution >= 0.6 is 0 Å². The molecule has 3 aromatic heterocycles. The Morgan fingerprint density at radius 1 is 1.17 bits per heavy atom. The van der Waals surface area contributed by atoms with Crippen LogP contribution in [-0.2, 0) is 27.3 Å². The second-order valence-electron chi connectivity index (χ2n) is 10.9. The fraction of sp³-hybridized carbons (Fsp3) is 0.267. The maximum atomic E-state index is 13.5. The lowest BCUT2D eigenvalue weighted by atomic mass is 9.98. The molecule has 1 atom stereocenters. The van der Waals surface area contributed by atoms with Gasteiger partial charge in [0.2, 0.25) is 6.54 Å². The molecule has 5 aromatic rings. The Balaban J connectivity index is 1.44. The minimum atomic E-state index is -5.04. The summed E-state index contributed by atoms with van der Waals surface area (Å²) in [5.74, 6) is -4.05. The number of anilines is 2. The van der Waals surface area contributed by atoms with Gasteiger partial charge in [0, 0.05) is 36.1 Å². The number of nitrogens with one attached hydrogen (secondary N) is 1. The van der Waals surface area contributed by atoms with Crippen LogP contribution in [0.1, 0.15) is 18.6 Å². The summed E-state index contributed by atoms with van der Waals surface area (Å²) < 4.78 is 80.9. The van der Waals surface area contributed by atoms with E-state index in [0.29, 0.717) is 52.1 Å². The highest BCUT2D eigenvalue weighted by Gasteiger charge is 2.45. The van der Waals surface area contributed by atoms with Gasteiger partial charge in [-0.25, -0.2) is 24.4 Å². The maximum absolute atomic E-state index is 13.5. The van der Waals surface area contributed by atoms with Crippen molar-refractivity contribution in [3.05, 3.63) is 83.9 Å². The van der Waals surface area contributed by atoms with E-state index in [1.54, 1.807) is 35.7 Å². The minimum Gasteiger partial charge on any atom is -0.484 e. The predicted molar refractivity (Wildman–Crippen MR) is 164 cm³/mol. The summed E-state index contributed by atoms with van der Waals surface area (Å²) in [5, 5.41) is 9.68. The van der Waals surface area contributed by atoms with Gasteiger partial charge in [0.1, 0.15) is 29.2 Å². The molecular formula is C30H27F3N8O4S. The van der Waals surface area contributed by atoms with Gasteiger partial charge in [0.15, 0.2) is 5.54 Å². The van der Waals surface area contributed by atoms with E-state index in [0.717, 1.165) is 0 Å². The van der Waals surface area contributed by atoms with Crippen molar-refractivity contribution in [2.24, 2.45) is 7.05 Å². The molecule has 1 saturated heterocycles. The number of aromatic nitrogens is 5. The first kappa shape index (κ1) is 30.9. The molecule has 0 amide bonds. The van der Waals surface area contributed by atoms with Gasteiger partial charge in [-0.15, -0.1) is 0 Å². The quantitative estimate of drug-likeness (QED) is 0.201. The minimum absolute atomic E-state index is 0.0749. The van der Waals surface area contributed by atoms with E-state index in [9.17, 15) is 21.6 Å². The lowest BCUT2D eigenvalue weighted by Gasteiger charge is -2.37. The van der Waals surface area contributed by atoms with E-state index in [2.05, 4.69) is 14.9 Å². The Labute approximate surface area is 261 Å². The smallest absolute Gasteiger partial charge is 0.355 e.